The van der Waals surface area contributed by atoms with E-state index in [1.165, 1.54) is 16.0 Å². The first-order valence-electron chi connectivity index (χ1n) is 6.87. The van der Waals surface area contributed by atoms with E-state index in [1.54, 1.807) is 11.8 Å². The molecule has 3 aromatic rings. The fourth-order valence-corrected chi connectivity index (χ4v) is 2.81. The van der Waals surface area contributed by atoms with Gasteiger partial charge in [0.05, 0.1) is 0 Å². The van der Waals surface area contributed by atoms with Crippen molar-refractivity contribution in [3.05, 3.63) is 72.8 Å². The molecule has 0 fully saturated rings. The minimum atomic E-state index is 0.792. The van der Waals surface area contributed by atoms with E-state index >= 15 is 0 Å². The van der Waals surface area contributed by atoms with Crippen LogP contribution in [0.3, 0.4) is 0 Å². The summed E-state index contributed by atoms with van der Waals surface area (Å²) in [7, 11) is 0. The topological polar surface area (TPSA) is 26.0 Å². The van der Waals surface area contributed by atoms with E-state index in [-0.39, 0.29) is 0 Å². The van der Waals surface area contributed by atoms with Crippen LogP contribution in [0.15, 0.2) is 77.7 Å². The summed E-state index contributed by atoms with van der Waals surface area (Å²) in [6.07, 6.45) is 2.09. The number of hydrogen-bond donors (Lipinski definition) is 1. The van der Waals surface area contributed by atoms with Crippen molar-refractivity contribution in [2.45, 2.75) is 4.90 Å². The molecule has 2 heteroatoms. The van der Waals surface area contributed by atoms with E-state index in [4.69, 9.17) is 5.73 Å². The van der Waals surface area contributed by atoms with Crippen LogP contribution in [-0.4, -0.2) is 6.26 Å². The standard InChI is InChI=1S/C19H17NS/c1-21-19-9-7-15(8-10-19)17-11-16(12-18(20)13-17)14-5-3-2-4-6-14/h2-13H,20H2,1H3. The van der Waals surface area contributed by atoms with Gasteiger partial charge in [-0.05, 0) is 58.8 Å². The highest BCUT2D eigenvalue weighted by Gasteiger charge is 2.04. The molecular formula is C19H17NS. The molecule has 0 atom stereocenters. The van der Waals surface area contributed by atoms with Gasteiger partial charge in [0, 0.05) is 10.6 Å². The zero-order chi connectivity index (χ0) is 14.7. The summed E-state index contributed by atoms with van der Waals surface area (Å²) in [6, 6.07) is 25.2. The van der Waals surface area contributed by atoms with Crippen LogP contribution in [0, 0.1) is 0 Å². The zero-order valence-corrected chi connectivity index (χ0v) is 12.7. The predicted octanol–water partition coefficient (Wildman–Crippen LogP) is 5.32. The van der Waals surface area contributed by atoms with E-state index in [0.717, 1.165) is 16.8 Å². The van der Waals surface area contributed by atoms with Gasteiger partial charge in [0.15, 0.2) is 0 Å². The molecule has 0 amide bonds. The molecule has 0 aliphatic heterocycles. The lowest BCUT2D eigenvalue weighted by Crippen LogP contribution is -1.89. The van der Waals surface area contributed by atoms with Crippen LogP contribution in [0.2, 0.25) is 0 Å². The lowest BCUT2D eigenvalue weighted by Gasteiger charge is -2.09. The second-order valence-electron chi connectivity index (χ2n) is 4.94. The first-order chi connectivity index (χ1) is 10.3. The minimum Gasteiger partial charge on any atom is -0.399 e. The lowest BCUT2D eigenvalue weighted by atomic mass is 9.98. The van der Waals surface area contributed by atoms with Crippen molar-refractivity contribution in [2.75, 3.05) is 12.0 Å². The average Bonchev–Trinajstić information content (AvgIpc) is 2.55. The lowest BCUT2D eigenvalue weighted by molar-refractivity contribution is 1.46. The highest BCUT2D eigenvalue weighted by molar-refractivity contribution is 7.98. The number of benzene rings is 3. The van der Waals surface area contributed by atoms with Crippen molar-refractivity contribution in [1.82, 2.24) is 0 Å². The van der Waals surface area contributed by atoms with Crippen LogP contribution in [0.4, 0.5) is 5.69 Å². The Kier molecular flexibility index (Phi) is 3.98. The summed E-state index contributed by atoms with van der Waals surface area (Å²) in [5.41, 5.74) is 11.6. The Hall–Kier alpha value is -2.19. The Labute approximate surface area is 129 Å². The second kappa shape index (κ2) is 6.06. The monoisotopic (exact) mass is 291 g/mol. The Balaban J connectivity index is 2.05. The molecule has 1 nitrogen and oxygen atoms in total. The Bertz CT molecular complexity index is 733. The molecule has 0 heterocycles. The summed E-state index contributed by atoms with van der Waals surface area (Å²) >= 11 is 1.75. The molecule has 0 saturated heterocycles. The molecule has 3 aromatic carbocycles. The minimum absolute atomic E-state index is 0.792. The van der Waals surface area contributed by atoms with Crippen molar-refractivity contribution >= 4 is 17.4 Å². The summed E-state index contributed by atoms with van der Waals surface area (Å²) in [4.78, 5) is 1.27. The number of nitrogen functional groups attached to an aromatic ring is 1. The molecule has 3 rings (SSSR count). The van der Waals surface area contributed by atoms with E-state index in [9.17, 15) is 0 Å². The summed E-state index contributed by atoms with van der Waals surface area (Å²) < 4.78 is 0. The highest BCUT2D eigenvalue weighted by atomic mass is 32.2. The van der Waals surface area contributed by atoms with Crippen LogP contribution < -0.4 is 5.73 Å². The molecule has 2 N–H and O–H groups in total. The van der Waals surface area contributed by atoms with Gasteiger partial charge < -0.3 is 5.73 Å². The summed E-state index contributed by atoms with van der Waals surface area (Å²) in [5, 5.41) is 0. The fourth-order valence-electron chi connectivity index (χ4n) is 2.40. The average molecular weight is 291 g/mol. The van der Waals surface area contributed by atoms with Crippen LogP contribution in [-0.2, 0) is 0 Å². The molecule has 0 radical (unpaired) electrons. The van der Waals surface area contributed by atoms with E-state index < -0.39 is 0 Å². The molecular weight excluding hydrogens is 274 g/mol. The molecule has 0 aliphatic rings. The van der Waals surface area contributed by atoms with Crippen LogP contribution >= 0.6 is 11.8 Å². The molecule has 0 bridgehead atoms. The van der Waals surface area contributed by atoms with Gasteiger partial charge in [0.25, 0.3) is 0 Å². The molecule has 104 valence electrons. The van der Waals surface area contributed by atoms with E-state index in [0.29, 0.717) is 0 Å². The highest BCUT2D eigenvalue weighted by Crippen LogP contribution is 2.30. The zero-order valence-electron chi connectivity index (χ0n) is 11.9. The Morgan fingerprint density at radius 1 is 0.667 bits per heavy atom. The van der Waals surface area contributed by atoms with Crippen LogP contribution in [0.1, 0.15) is 0 Å². The van der Waals surface area contributed by atoms with Crippen molar-refractivity contribution in [3.8, 4) is 22.3 Å². The predicted molar refractivity (Wildman–Crippen MR) is 93.5 cm³/mol. The first kappa shape index (κ1) is 13.8. The fraction of sp³-hybridized carbons (Fsp3) is 0.0526. The quantitative estimate of drug-likeness (QED) is 0.521. The maximum absolute atomic E-state index is 6.09. The molecule has 0 aromatic heterocycles. The molecule has 0 aliphatic carbocycles. The smallest absolute Gasteiger partial charge is 0.0326 e. The normalized spacial score (nSPS) is 10.5. The third-order valence-electron chi connectivity index (χ3n) is 3.49. The number of nitrogens with two attached hydrogens (primary N) is 1. The Morgan fingerprint density at radius 3 is 1.81 bits per heavy atom. The van der Waals surface area contributed by atoms with Gasteiger partial charge in [0.2, 0.25) is 0 Å². The number of thioether (sulfide) groups is 1. The van der Waals surface area contributed by atoms with Gasteiger partial charge in [-0.15, -0.1) is 11.8 Å². The van der Waals surface area contributed by atoms with Crippen LogP contribution in [0.5, 0.6) is 0 Å². The van der Waals surface area contributed by atoms with Crippen molar-refractivity contribution < 1.29 is 0 Å². The number of rotatable bonds is 3. The Morgan fingerprint density at radius 2 is 1.24 bits per heavy atom. The number of hydrogen-bond acceptors (Lipinski definition) is 2. The van der Waals surface area contributed by atoms with Crippen molar-refractivity contribution in [2.24, 2.45) is 0 Å². The van der Waals surface area contributed by atoms with Gasteiger partial charge in [-0.2, -0.15) is 0 Å². The SMILES string of the molecule is CSc1ccc(-c2cc(N)cc(-c3ccccc3)c2)cc1. The van der Waals surface area contributed by atoms with Crippen LogP contribution in [0.25, 0.3) is 22.3 Å². The van der Waals surface area contributed by atoms with Gasteiger partial charge in [-0.1, -0.05) is 42.5 Å². The van der Waals surface area contributed by atoms with E-state index in [1.807, 2.05) is 30.3 Å². The first-order valence-corrected chi connectivity index (χ1v) is 8.09. The second-order valence-corrected chi connectivity index (χ2v) is 5.82. The van der Waals surface area contributed by atoms with Crippen molar-refractivity contribution in [1.29, 1.82) is 0 Å². The molecule has 0 spiro atoms. The number of anilines is 1. The maximum Gasteiger partial charge on any atom is 0.0326 e. The third-order valence-corrected chi connectivity index (χ3v) is 4.23. The summed E-state index contributed by atoms with van der Waals surface area (Å²) in [5.74, 6) is 0. The van der Waals surface area contributed by atoms with Gasteiger partial charge in [0.1, 0.15) is 0 Å². The molecule has 0 unspecified atom stereocenters. The molecule has 0 saturated carbocycles. The van der Waals surface area contributed by atoms with E-state index in [2.05, 4.69) is 48.7 Å². The third kappa shape index (κ3) is 3.11. The maximum atomic E-state index is 6.09. The van der Waals surface area contributed by atoms with Gasteiger partial charge in [-0.3, -0.25) is 0 Å². The van der Waals surface area contributed by atoms with Crippen molar-refractivity contribution in [3.63, 3.8) is 0 Å². The van der Waals surface area contributed by atoms with Gasteiger partial charge >= 0.3 is 0 Å². The summed E-state index contributed by atoms with van der Waals surface area (Å²) in [6.45, 7) is 0. The van der Waals surface area contributed by atoms with Gasteiger partial charge in [-0.25, -0.2) is 0 Å². The largest absolute Gasteiger partial charge is 0.399 e. The molecule has 21 heavy (non-hydrogen) atoms.